The van der Waals surface area contributed by atoms with E-state index in [-0.39, 0.29) is 6.03 Å². The Balaban J connectivity index is 1.42. The number of nitrogens with zero attached hydrogens (tertiary/aromatic N) is 3. The predicted molar refractivity (Wildman–Crippen MR) is 107 cm³/mol. The SMILES string of the molecule is CCCCCc1ccc(NC(=O)N2CCN(Cc3cc(C)no3)CC2)cc1. The first-order valence-electron chi connectivity index (χ1n) is 9.93. The zero-order valence-electron chi connectivity index (χ0n) is 16.4. The fourth-order valence-electron chi connectivity index (χ4n) is 3.36. The first kappa shape index (κ1) is 19.4. The lowest BCUT2D eigenvalue weighted by atomic mass is 10.1. The van der Waals surface area contributed by atoms with Crippen LogP contribution in [0.1, 0.15) is 43.2 Å². The van der Waals surface area contributed by atoms with Gasteiger partial charge in [-0.2, -0.15) is 0 Å². The van der Waals surface area contributed by atoms with Gasteiger partial charge in [0.15, 0.2) is 5.76 Å². The highest BCUT2D eigenvalue weighted by atomic mass is 16.5. The first-order chi connectivity index (χ1) is 13.1. The number of carbonyl (C=O) groups excluding carboxylic acids is 1. The van der Waals surface area contributed by atoms with Crippen molar-refractivity contribution >= 4 is 11.7 Å². The van der Waals surface area contributed by atoms with E-state index in [2.05, 4.69) is 34.4 Å². The van der Waals surface area contributed by atoms with Crippen LogP contribution >= 0.6 is 0 Å². The van der Waals surface area contributed by atoms with Gasteiger partial charge in [-0.25, -0.2) is 4.79 Å². The molecule has 1 N–H and O–H groups in total. The zero-order chi connectivity index (χ0) is 19.1. The van der Waals surface area contributed by atoms with Crippen LogP contribution in [-0.4, -0.2) is 47.2 Å². The molecule has 1 aromatic heterocycles. The van der Waals surface area contributed by atoms with E-state index in [0.29, 0.717) is 13.1 Å². The minimum Gasteiger partial charge on any atom is -0.360 e. The van der Waals surface area contributed by atoms with Crippen LogP contribution < -0.4 is 5.32 Å². The summed E-state index contributed by atoms with van der Waals surface area (Å²) in [6.45, 7) is 7.99. The van der Waals surface area contributed by atoms with Crippen LogP contribution in [0, 0.1) is 6.92 Å². The molecule has 0 unspecified atom stereocenters. The van der Waals surface area contributed by atoms with Crippen LogP contribution in [0.15, 0.2) is 34.9 Å². The van der Waals surface area contributed by atoms with Crippen molar-refractivity contribution in [2.45, 2.75) is 46.1 Å². The molecule has 2 aromatic rings. The molecule has 0 spiro atoms. The van der Waals surface area contributed by atoms with Gasteiger partial charge < -0.3 is 14.7 Å². The summed E-state index contributed by atoms with van der Waals surface area (Å²) in [5, 5.41) is 6.94. The van der Waals surface area contributed by atoms with Crippen LogP contribution in [0.25, 0.3) is 0 Å². The maximum atomic E-state index is 12.5. The van der Waals surface area contributed by atoms with Crippen LogP contribution in [0.2, 0.25) is 0 Å². The molecule has 2 amide bonds. The number of aryl methyl sites for hydroxylation is 2. The number of unbranched alkanes of at least 4 members (excludes halogenated alkanes) is 2. The molecule has 2 heterocycles. The summed E-state index contributed by atoms with van der Waals surface area (Å²) in [6.07, 6.45) is 4.83. The van der Waals surface area contributed by atoms with E-state index in [4.69, 9.17) is 4.52 Å². The maximum Gasteiger partial charge on any atom is 0.321 e. The number of piperazine rings is 1. The average Bonchev–Trinajstić information content (AvgIpc) is 3.08. The van der Waals surface area contributed by atoms with Gasteiger partial charge in [-0.3, -0.25) is 4.90 Å². The monoisotopic (exact) mass is 370 g/mol. The normalized spacial score (nSPS) is 15.1. The molecule has 0 aliphatic carbocycles. The highest BCUT2D eigenvalue weighted by Crippen LogP contribution is 2.14. The third-order valence-electron chi connectivity index (χ3n) is 4.99. The van der Waals surface area contributed by atoms with Crippen molar-refractivity contribution in [2.75, 3.05) is 31.5 Å². The summed E-state index contributed by atoms with van der Waals surface area (Å²) in [4.78, 5) is 16.7. The summed E-state index contributed by atoms with van der Waals surface area (Å²) in [5.74, 6) is 0.879. The number of amides is 2. The standard InChI is InChI=1S/C21H30N4O2/c1-3-4-5-6-18-7-9-19(10-8-18)22-21(26)25-13-11-24(12-14-25)16-20-15-17(2)23-27-20/h7-10,15H,3-6,11-14,16H2,1-2H3,(H,22,26). The second-order valence-corrected chi connectivity index (χ2v) is 7.28. The number of rotatable bonds is 7. The molecular formula is C21H30N4O2. The number of carbonyl (C=O) groups is 1. The second kappa shape index (κ2) is 9.55. The molecule has 27 heavy (non-hydrogen) atoms. The van der Waals surface area contributed by atoms with Crippen LogP contribution in [-0.2, 0) is 13.0 Å². The summed E-state index contributed by atoms with van der Waals surface area (Å²) < 4.78 is 5.28. The van der Waals surface area contributed by atoms with Crippen molar-refractivity contribution in [2.24, 2.45) is 0 Å². The minimum absolute atomic E-state index is 0.0242. The molecule has 146 valence electrons. The number of hydrogen-bond acceptors (Lipinski definition) is 4. The highest BCUT2D eigenvalue weighted by Gasteiger charge is 2.22. The number of benzene rings is 1. The van der Waals surface area contributed by atoms with Gasteiger partial charge in [-0.1, -0.05) is 37.1 Å². The summed E-state index contributed by atoms with van der Waals surface area (Å²) in [5.41, 5.74) is 3.09. The summed E-state index contributed by atoms with van der Waals surface area (Å²) in [7, 11) is 0. The Hall–Kier alpha value is -2.34. The van der Waals surface area contributed by atoms with Gasteiger partial charge in [-0.05, 0) is 37.5 Å². The lowest BCUT2D eigenvalue weighted by Crippen LogP contribution is -2.49. The molecule has 0 radical (unpaired) electrons. The fourth-order valence-corrected chi connectivity index (χ4v) is 3.36. The molecule has 1 saturated heterocycles. The number of urea groups is 1. The van der Waals surface area contributed by atoms with Gasteiger partial charge in [-0.15, -0.1) is 0 Å². The van der Waals surface area contributed by atoms with E-state index in [1.165, 1.54) is 24.8 Å². The molecule has 1 aromatic carbocycles. The Morgan fingerprint density at radius 3 is 2.52 bits per heavy atom. The van der Waals surface area contributed by atoms with Crippen molar-refractivity contribution in [3.05, 3.63) is 47.3 Å². The lowest BCUT2D eigenvalue weighted by Gasteiger charge is -2.34. The molecule has 6 nitrogen and oxygen atoms in total. The molecule has 0 atom stereocenters. The Morgan fingerprint density at radius 1 is 1.15 bits per heavy atom. The van der Waals surface area contributed by atoms with Gasteiger partial charge in [0.1, 0.15) is 0 Å². The van der Waals surface area contributed by atoms with Crippen molar-refractivity contribution in [3.8, 4) is 0 Å². The van der Waals surface area contributed by atoms with Gasteiger partial charge in [0.2, 0.25) is 0 Å². The topological polar surface area (TPSA) is 61.6 Å². The lowest BCUT2D eigenvalue weighted by molar-refractivity contribution is 0.134. The highest BCUT2D eigenvalue weighted by molar-refractivity contribution is 5.89. The van der Waals surface area contributed by atoms with E-state index in [1.54, 1.807) is 0 Å². The number of hydrogen-bond donors (Lipinski definition) is 1. The zero-order valence-corrected chi connectivity index (χ0v) is 16.4. The third kappa shape index (κ3) is 5.82. The van der Waals surface area contributed by atoms with Crippen molar-refractivity contribution in [1.82, 2.24) is 15.0 Å². The predicted octanol–water partition coefficient (Wildman–Crippen LogP) is 4.07. The van der Waals surface area contributed by atoms with Crippen molar-refractivity contribution in [3.63, 3.8) is 0 Å². The van der Waals surface area contributed by atoms with Gasteiger partial charge in [0.25, 0.3) is 0 Å². The van der Waals surface area contributed by atoms with Gasteiger partial charge >= 0.3 is 6.03 Å². The quantitative estimate of drug-likeness (QED) is 0.747. The fraction of sp³-hybridized carbons (Fsp3) is 0.524. The molecule has 3 rings (SSSR count). The Bertz CT molecular complexity index is 718. The average molecular weight is 370 g/mol. The van der Waals surface area contributed by atoms with Gasteiger partial charge in [0.05, 0.1) is 12.2 Å². The first-order valence-corrected chi connectivity index (χ1v) is 9.93. The number of anilines is 1. The smallest absolute Gasteiger partial charge is 0.321 e. The largest absolute Gasteiger partial charge is 0.360 e. The number of nitrogens with one attached hydrogen (secondary N) is 1. The summed E-state index contributed by atoms with van der Waals surface area (Å²) >= 11 is 0. The Morgan fingerprint density at radius 2 is 1.89 bits per heavy atom. The van der Waals surface area contributed by atoms with Crippen LogP contribution in [0.3, 0.4) is 0 Å². The molecule has 0 bridgehead atoms. The van der Waals surface area contributed by atoms with Crippen LogP contribution in [0.4, 0.5) is 10.5 Å². The van der Waals surface area contributed by atoms with E-state index in [1.807, 2.05) is 30.0 Å². The Labute approximate surface area is 161 Å². The van der Waals surface area contributed by atoms with Gasteiger partial charge in [0, 0.05) is 37.9 Å². The van der Waals surface area contributed by atoms with E-state index in [9.17, 15) is 4.79 Å². The van der Waals surface area contributed by atoms with Crippen molar-refractivity contribution < 1.29 is 9.32 Å². The molecule has 1 aliphatic heterocycles. The van der Waals surface area contributed by atoms with Crippen molar-refractivity contribution in [1.29, 1.82) is 0 Å². The van der Waals surface area contributed by atoms with E-state index >= 15 is 0 Å². The molecule has 0 saturated carbocycles. The van der Waals surface area contributed by atoms with Crippen LogP contribution in [0.5, 0.6) is 0 Å². The molecule has 1 fully saturated rings. The Kier molecular flexibility index (Phi) is 6.87. The van der Waals surface area contributed by atoms with E-state index < -0.39 is 0 Å². The molecular weight excluding hydrogens is 340 g/mol. The minimum atomic E-state index is -0.0242. The molecule has 1 aliphatic rings. The van der Waals surface area contributed by atoms with E-state index in [0.717, 1.165) is 43.2 Å². The number of aromatic nitrogens is 1. The summed E-state index contributed by atoms with van der Waals surface area (Å²) in [6, 6.07) is 10.2. The maximum absolute atomic E-state index is 12.5. The molecule has 6 heteroatoms. The second-order valence-electron chi connectivity index (χ2n) is 7.28. The third-order valence-corrected chi connectivity index (χ3v) is 4.99.